The van der Waals surface area contributed by atoms with Crippen LogP contribution in [-0.2, 0) is 11.4 Å². The van der Waals surface area contributed by atoms with E-state index in [1.54, 1.807) is 7.11 Å². The lowest BCUT2D eigenvalue weighted by atomic mass is 10.1. The number of hydrogen-bond donors (Lipinski definition) is 1. The third-order valence-electron chi connectivity index (χ3n) is 2.97. The first-order chi connectivity index (χ1) is 8.85. The maximum absolute atomic E-state index is 6.03. The Morgan fingerprint density at radius 1 is 1.33 bits per heavy atom. The first-order valence-corrected chi connectivity index (χ1v) is 7.22. The van der Waals surface area contributed by atoms with Gasteiger partial charge < -0.3 is 9.47 Å². The molecule has 1 heterocycles. The zero-order chi connectivity index (χ0) is 12.8. The number of rotatable bonds is 5. The first-order valence-electron chi connectivity index (χ1n) is 6.07. The van der Waals surface area contributed by atoms with Crippen molar-refractivity contribution in [3.63, 3.8) is 0 Å². The fraction of sp³-hybridized carbons (Fsp3) is 0.538. The Balaban J connectivity index is 2.12. The fourth-order valence-corrected chi connectivity index (χ4v) is 3.13. The van der Waals surface area contributed by atoms with E-state index in [1.807, 2.05) is 30.0 Å². The van der Waals surface area contributed by atoms with Gasteiger partial charge in [0.05, 0.1) is 13.7 Å². The Morgan fingerprint density at radius 2 is 2.11 bits per heavy atom. The van der Waals surface area contributed by atoms with Gasteiger partial charge in [0.25, 0.3) is 0 Å². The molecule has 1 aliphatic heterocycles. The molecule has 0 aromatic heterocycles. The second-order valence-corrected chi connectivity index (χ2v) is 5.41. The molecule has 2 N–H and O–H groups in total. The van der Waals surface area contributed by atoms with Crippen LogP contribution < -0.4 is 15.4 Å². The van der Waals surface area contributed by atoms with E-state index in [4.69, 9.17) is 15.4 Å². The molecule has 0 aliphatic carbocycles. The van der Waals surface area contributed by atoms with Crippen LogP contribution in [0.25, 0.3) is 0 Å². The molecule has 100 valence electrons. The molecular formula is C13H19NO3S. The summed E-state index contributed by atoms with van der Waals surface area (Å²) < 4.78 is 11.4. The molecule has 4 nitrogen and oxygen atoms in total. The highest BCUT2D eigenvalue weighted by Crippen LogP contribution is 2.33. The molecule has 5 heteroatoms. The van der Waals surface area contributed by atoms with Crippen molar-refractivity contribution in [2.24, 2.45) is 5.90 Å². The maximum Gasteiger partial charge on any atom is 0.166 e. The van der Waals surface area contributed by atoms with Gasteiger partial charge in [0.2, 0.25) is 0 Å². The van der Waals surface area contributed by atoms with E-state index in [0.29, 0.717) is 6.61 Å². The maximum atomic E-state index is 6.03. The minimum absolute atomic E-state index is 0.286. The summed E-state index contributed by atoms with van der Waals surface area (Å²) in [4.78, 5) is 4.68. The summed E-state index contributed by atoms with van der Waals surface area (Å²) in [6.07, 6.45) is 2.46. The molecule has 1 fully saturated rings. The second kappa shape index (κ2) is 6.87. The Hall–Kier alpha value is -0.910. The van der Waals surface area contributed by atoms with E-state index in [2.05, 4.69) is 4.84 Å². The van der Waals surface area contributed by atoms with Crippen LogP contribution in [0.1, 0.15) is 18.4 Å². The number of thioether (sulfide) groups is 1. The van der Waals surface area contributed by atoms with Crippen molar-refractivity contribution in [2.45, 2.75) is 25.6 Å². The summed E-state index contributed by atoms with van der Waals surface area (Å²) in [7, 11) is 1.64. The zero-order valence-corrected chi connectivity index (χ0v) is 11.4. The molecule has 1 saturated heterocycles. The van der Waals surface area contributed by atoms with Crippen molar-refractivity contribution in [3.05, 3.63) is 23.8 Å². The average Bonchev–Trinajstić information content (AvgIpc) is 2.41. The van der Waals surface area contributed by atoms with Crippen LogP contribution >= 0.6 is 11.8 Å². The lowest BCUT2D eigenvalue weighted by molar-refractivity contribution is 0.120. The van der Waals surface area contributed by atoms with Gasteiger partial charge in [-0.15, -0.1) is 0 Å². The molecule has 1 aliphatic rings. The van der Waals surface area contributed by atoms with Gasteiger partial charge in [-0.05, 0) is 30.4 Å². The number of benzene rings is 1. The van der Waals surface area contributed by atoms with Crippen LogP contribution in [0.5, 0.6) is 11.5 Å². The quantitative estimate of drug-likeness (QED) is 0.832. The lowest BCUT2D eigenvalue weighted by Crippen LogP contribution is -2.22. The number of hydrogen-bond acceptors (Lipinski definition) is 5. The van der Waals surface area contributed by atoms with Crippen LogP contribution in [0, 0.1) is 0 Å². The summed E-state index contributed by atoms with van der Waals surface area (Å²) in [5.74, 6) is 8.95. The molecule has 1 aromatic rings. The average molecular weight is 269 g/mol. The predicted octanol–water partition coefficient (Wildman–Crippen LogP) is 2.36. The molecule has 0 spiro atoms. The number of para-hydroxylation sites is 1. The lowest BCUT2D eigenvalue weighted by Gasteiger charge is -2.24. The molecule has 0 bridgehead atoms. The fourth-order valence-electron chi connectivity index (χ4n) is 2.06. The summed E-state index contributed by atoms with van der Waals surface area (Å²) in [6, 6.07) is 5.79. The topological polar surface area (TPSA) is 53.7 Å². The van der Waals surface area contributed by atoms with Gasteiger partial charge in [-0.2, -0.15) is 11.8 Å². The zero-order valence-electron chi connectivity index (χ0n) is 10.6. The van der Waals surface area contributed by atoms with Gasteiger partial charge in [0.15, 0.2) is 11.5 Å². The Kier molecular flexibility index (Phi) is 5.16. The molecule has 0 atom stereocenters. The van der Waals surface area contributed by atoms with Crippen molar-refractivity contribution < 1.29 is 14.3 Å². The minimum Gasteiger partial charge on any atom is -0.492 e. The first kappa shape index (κ1) is 13.5. The van der Waals surface area contributed by atoms with Crippen molar-refractivity contribution >= 4 is 11.8 Å². The minimum atomic E-state index is 0.286. The highest BCUT2D eigenvalue weighted by molar-refractivity contribution is 7.99. The molecular weight excluding hydrogens is 250 g/mol. The van der Waals surface area contributed by atoms with Crippen LogP contribution in [0.15, 0.2) is 18.2 Å². The summed E-state index contributed by atoms with van der Waals surface area (Å²) in [5.41, 5.74) is 0.905. The molecule has 18 heavy (non-hydrogen) atoms. The van der Waals surface area contributed by atoms with Crippen molar-refractivity contribution in [3.8, 4) is 11.5 Å². The van der Waals surface area contributed by atoms with Crippen LogP contribution in [0.3, 0.4) is 0 Å². The van der Waals surface area contributed by atoms with Crippen LogP contribution in [0.4, 0.5) is 0 Å². The van der Waals surface area contributed by atoms with E-state index in [0.717, 1.165) is 29.9 Å². The molecule has 0 radical (unpaired) electrons. The smallest absolute Gasteiger partial charge is 0.166 e. The Morgan fingerprint density at radius 3 is 2.78 bits per heavy atom. The van der Waals surface area contributed by atoms with Gasteiger partial charge in [-0.1, -0.05) is 12.1 Å². The number of methoxy groups -OCH3 is 1. The highest BCUT2D eigenvalue weighted by atomic mass is 32.2. The van der Waals surface area contributed by atoms with Gasteiger partial charge in [-0.25, -0.2) is 5.90 Å². The Bertz CT molecular complexity index is 380. The highest BCUT2D eigenvalue weighted by Gasteiger charge is 2.18. The van der Waals surface area contributed by atoms with E-state index in [-0.39, 0.29) is 6.10 Å². The van der Waals surface area contributed by atoms with E-state index >= 15 is 0 Å². The third-order valence-corrected chi connectivity index (χ3v) is 4.01. The van der Waals surface area contributed by atoms with Crippen LogP contribution in [-0.4, -0.2) is 24.7 Å². The molecule has 0 amide bonds. The largest absolute Gasteiger partial charge is 0.492 e. The molecule has 0 unspecified atom stereocenters. The van der Waals surface area contributed by atoms with Gasteiger partial charge in [0, 0.05) is 5.56 Å². The number of nitrogens with two attached hydrogens (primary N) is 1. The van der Waals surface area contributed by atoms with Gasteiger partial charge in [-0.3, -0.25) is 4.84 Å². The normalized spacial score (nSPS) is 16.6. The van der Waals surface area contributed by atoms with E-state index in [9.17, 15) is 0 Å². The van der Waals surface area contributed by atoms with Crippen molar-refractivity contribution in [1.29, 1.82) is 0 Å². The van der Waals surface area contributed by atoms with E-state index < -0.39 is 0 Å². The molecule has 2 rings (SSSR count). The predicted molar refractivity (Wildman–Crippen MR) is 72.9 cm³/mol. The van der Waals surface area contributed by atoms with Crippen LogP contribution in [0.2, 0.25) is 0 Å². The molecule has 0 saturated carbocycles. The number of ether oxygens (including phenoxy) is 2. The van der Waals surface area contributed by atoms with Gasteiger partial charge >= 0.3 is 0 Å². The van der Waals surface area contributed by atoms with Gasteiger partial charge in [0.1, 0.15) is 6.10 Å². The van der Waals surface area contributed by atoms with E-state index in [1.165, 1.54) is 11.5 Å². The summed E-state index contributed by atoms with van der Waals surface area (Å²) >= 11 is 1.98. The second-order valence-electron chi connectivity index (χ2n) is 4.19. The summed E-state index contributed by atoms with van der Waals surface area (Å²) in [6.45, 7) is 0.320. The van der Waals surface area contributed by atoms with Crippen molar-refractivity contribution in [1.82, 2.24) is 0 Å². The summed E-state index contributed by atoms with van der Waals surface area (Å²) in [5, 5.41) is 0. The Labute approximate surface area is 112 Å². The van der Waals surface area contributed by atoms with Crippen molar-refractivity contribution in [2.75, 3.05) is 18.6 Å². The monoisotopic (exact) mass is 269 g/mol. The molecule has 1 aromatic carbocycles. The third kappa shape index (κ3) is 3.31. The standard InChI is InChI=1S/C13H19NO3S/c1-15-13-10(9-16-14)3-2-4-12(13)17-11-5-7-18-8-6-11/h2-4,11H,5-9,14H2,1H3. The SMILES string of the molecule is COc1c(CON)cccc1OC1CCSCC1.